The number of aromatic hydroxyl groups is 1. The minimum atomic E-state index is -1.53. The Kier molecular flexibility index (Phi) is 16.5. The SMILES string of the molecule is O=C(O)CC[C@H](NC(=O)N[C@@H](CCCCNC(=O)[C@H](Cc1ccc(O)cc1)NC(=O)C1CCC(CNC(=O)OCC2c3ccccc3-c3ccccc32)CC1)C(=O)O)C(=O)O. The van der Waals surface area contributed by atoms with Crippen molar-refractivity contribution in [3.8, 4) is 16.9 Å². The van der Waals surface area contributed by atoms with Gasteiger partial charge in [-0.2, -0.15) is 0 Å². The van der Waals surface area contributed by atoms with Gasteiger partial charge in [-0.15, -0.1) is 0 Å². The molecule has 0 heterocycles. The minimum Gasteiger partial charge on any atom is -0.508 e. The Morgan fingerprint density at radius 2 is 1.26 bits per heavy atom. The number of carboxylic acids is 3. The first kappa shape index (κ1) is 45.4. The molecule has 0 saturated heterocycles. The lowest BCUT2D eigenvalue weighted by molar-refractivity contribution is -0.141. The molecule has 0 radical (unpaired) electrons. The third-order valence-corrected chi connectivity index (χ3v) is 11.2. The van der Waals surface area contributed by atoms with Gasteiger partial charge in [0.15, 0.2) is 0 Å². The summed E-state index contributed by atoms with van der Waals surface area (Å²) in [6, 6.07) is 17.6. The van der Waals surface area contributed by atoms with Gasteiger partial charge in [-0.25, -0.2) is 19.2 Å². The van der Waals surface area contributed by atoms with E-state index >= 15 is 0 Å². The molecule has 326 valence electrons. The zero-order valence-electron chi connectivity index (χ0n) is 33.6. The van der Waals surface area contributed by atoms with Crippen LogP contribution in [-0.4, -0.2) is 100 Å². The molecule has 0 bridgehead atoms. The molecule has 0 spiro atoms. The van der Waals surface area contributed by atoms with Gasteiger partial charge in [-0.3, -0.25) is 14.4 Å². The summed E-state index contributed by atoms with van der Waals surface area (Å²) in [7, 11) is 0. The highest BCUT2D eigenvalue weighted by molar-refractivity contribution is 5.89. The average molecular weight is 844 g/mol. The highest BCUT2D eigenvalue weighted by Crippen LogP contribution is 2.44. The number of nitrogens with one attached hydrogen (secondary N) is 5. The summed E-state index contributed by atoms with van der Waals surface area (Å²) in [6.45, 7) is 0.747. The van der Waals surface area contributed by atoms with Crippen LogP contribution in [0.1, 0.15) is 80.4 Å². The van der Waals surface area contributed by atoms with E-state index in [-0.39, 0.29) is 61.8 Å². The number of phenolic OH excluding ortho intramolecular Hbond substituents is 1. The van der Waals surface area contributed by atoms with E-state index in [0.717, 1.165) is 22.3 Å². The predicted molar refractivity (Wildman–Crippen MR) is 221 cm³/mol. The first-order chi connectivity index (χ1) is 29.3. The van der Waals surface area contributed by atoms with Crippen molar-refractivity contribution in [2.24, 2.45) is 11.8 Å². The van der Waals surface area contributed by atoms with Gasteiger partial charge in [0, 0.05) is 37.8 Å². The Bertz CT molecular complexity index is 1990. The topological polar surface area (TPSA) is 270 Å². The van der Waals surface area contributed by atoms with Gasteiger partial charge in [0.05, 0.1) is 0 Å². The van der Waals surface area contributed by atoms with Crippen molar-refractivity contribution in [1.82, 2.24) is 26.6 Å². The average Bonchev–Trinajstić information content (AvgIpc) is 3.56. The maximum atomic E-state index is 13.5. The summed E-state index contributed by atoms with van der Waals surface area (Å²) in [5, 5.41) is 50.2. The highest BCUT2D eigenvalue weighted by atomic mass is 16.5. The highest BCUT2D eigenvalue weighted by Gasteiger charge is 2.32. The summed E-state index contributed by atoms with van der Waals surface area (Å²) in [6.07, 6.45) is 1.74. The largest absolute Gasteiger partial charge is 0.508 e. The number of hydrogen-bond acceptors (Lipinski definition) is 9. The fraction of sp³-hybridized carbons (Fsp3) is 0.432. The number of carboxylic acid groups (broad SMARTS) is 3. The molecule has 3 aromatic rings. The van der Waals surface area contributed by atoms with Crippen molar-refractivity contribution in [3.05, 3.63) is 89.5 Å². The summed E-state index contributed by atoms with van der Waals surface area (Å²) in [4.78, 5) is 86.0. The van der Waals surface area contributed by atoms with Crippen molar-refractivity contribution in [2.75, 3.05) is 19.7 Å². The number of carbonyl (C=O) groups is 7. The number of fused-ring (bicyclic) bond motifs is 3. The van der Waals surface area contributed by atoms with Crippen LogP contribution in [0.15, 0.2) is 72.8 Å². The molecule has 9 N–H and O–H groups in total. The molecule has 1 saturated carbocycles. The predicted octanol–water partition coefficient (Wildman–Crippen LogP) is 4.12. The maximum absolute atomic E-state index is 13.5. The molecule has 17 nitrogen and oxygen atoms in total. The van der Waals surface area contributed by atoms with Crippen molar-refractivity contribution in [1.29, 1.82) is 0 Å². The quantitative estimate of drug-likeness (QED) is 0.0686. The smallest absolute Gasteiger partial charge is 0.407 e. The Morgan fingerprint density at radius 3 is 1.85 bits per heavy atom. The summed E-state index contributed by atoms with van der Waals surface area (Å²) >= 11 is 0. The normalized spacial score (nSPS) is 17.0. The summed E-state index contributed by atoms with van der Waals surface area (Å²) in [5.41, 5.74) is 5.25. The second-order valence-electron chi connectivity index (χ2n) is 15.5. The fourth-order valence-electron chi connectivity index (χ4n) is 7.82. The summed E-state index contributed by atoms with van der Waals surface area (Å²) in [5.74, 6) is -5.02. The second kappa shape index (κ2) is 22.1. The van der Waals surface area contributed by atoms with Gasteiger partial charge in [-0.1, -0.05) is 60.7 Å². The van der Waals surface area contributed by atoms with Crippen LogP contribution in [0.5, 0.6) is 5.75 Å². The van der Waals surface area contributed by atoms with E-state index in [1.165, 1.54) is 12.1 Å². The minimum absolute atomic E-state index is 0.0450. The molecule has 61 heavy (non-hydrogen) atoms. The van der Waals surface area contributed by atoms with Gasteiger partial charge in [0.25, 0.3) is 0 Å². The Hall–Kier alpha value is -6.65. The Morgan fingerprint density at radius 1 is 0.672 bits per heavy atom. The van der Waals surface area contributed by atoms with Gasteiger partial charge >= 0.3 is 30.0 Å². The van der Waals surface area contributed by atoms with Crippen LogP contribution < -0.4 is 26.6 Å². The van der Waals surface area contributed by atoms with Gasteiger partial charge in [0.2, 0.25) is 11.8 Å². The van der Waals surface area contributed by atoms with E-state index in [4.69, 9.17) is 9.84 Å². The molecule has 17 heteroatoms. The zero-order chi connectivity index (χ0) is 43.9. The van der Waals surface area contributed by atoms with E-state index in [2.05, 4.69) is 50.8 Å². The molecule has 0 unspecified atom stereocenters. The number of urea groups is 1. The Balaban J connectivity index is 1.05. The molecule has 2 aliphatic carbocycles. The van der Waals surface area contributed by atoms with E-state index in [1.807, 2.05) is 24.3 Å². The molecule has 3 aromatic carbocycles. The lowest BCUT2D eigenvalue weighted by Gasteiger charge is -2.29. The summed E-state index contributed by atoms with van der Waals surface area (Å²) < 4.78 is 5.68. The number of phenols is 1. The number of alkyl carbamates (subject to hydrolysis) is 1. The molecule has 0 aliphatic heterocycles. The number of rotatable bonds is 21. The second-order valence-corrected chi connectivity index (χ2v) is 15.5. The molecular formula is C44H53N5O12. The van der Waals surface area contributed by atoms with Crippen LogP contribution in [-0.2, 0) is 35.1 Å². The number of amides is 5. The van der Waals surface area contributed by atoms with Crippen LogP contribution in [0.25, 0.3) is 11.1 Å². The van der Waals surface area contributed by atoms with Crippen LogP contribution >= 0.6 is 0 Å². The van der Waals surface area contributed by atoms with Crippen LogP contribution in [0.3, 0.4) is 0 Å². The number of benzene rings is 3. The van der Waals surface area contributed by atoms with E-state index in [1.54, 1.807) is 12.1 Å². The molecule has 2 aliphatic rings. The van der Waals surface area contributed by atoms with Crippen molar-refractivity contribution in [2.45, 2.75) is 88.3 Å². The maximum Gasteiger partial charge on any atom is 0.407 e. The van der Waals surface area contributed by atoms with E-state index < -0.39 is 66.9 Å². The van der Waals surface area contributed by atoms with E-state index in [9.17, 15) is 48.9 Å². The van der Waals surface area contributed by atoms with Gasteiger partial charge < -0.3 is 51.7 Å². The number of hydrogen-bond donors (Lipinski definition) is 9. The Labute approximate surface area is 352 Å². The van der Waals surface area contributed by atoms with Crippen molar-refractivity contribution >= 4 is 41.8 Å². The van der Waals surface area contributed by atoms with Crippen molar-refractivity contribution < 1.29 is 58.7 Å². The number of ether oxygens (including phenoxy) is 1. The third-order valence-electron chi connectivity index (χ3n) is 11.2. The molecule has 3 atom stereocenters. The van der Waals surface area contributed by atoms with Crippen LogP contribution in [0.4, 0.5) is 9.59 Å². The lowest BCUT2D eigenvalue weighted by Crippen LogP contribution is -2.51. The number of carbonyl (C=O) groups excluding carboxylic acids is 4. The molecule has 5 amide bonds. The van der Waals surface area contributed by atoms with Crippen LogP contribution in [0, 0.1) is 11.8 Å². The molecule has 5 rings (SSSR count). The van der Waals surface area contributed by atoms with Gasteiger partial charge in [0.1, 0.15) is 30.5 Å². The monoisotopic (exact) mass is 843 g/mol. The van der Waals surface area contributed by atoms with Crippen LogP contribution in [0.2, 0.25) is 0 Å². The standard InChI is InChI=1S/C44H53N5O12/c50-29-18-14-26(15-19-29)23-37(40(54)45-22-6-5-11-35(41(55)56)48-43(59)49-36(42(57)58)20-21-38(51)52)47-39(53)28-16-12-27(13-17-28)24-46-44(60)61-25-34-32-9-3-1-7-30(32)31-8-2-4-10-33(31)34/h1-4,7-10,14-15,18-19,27-28,34-37,50H,5-6,11-13,16-17,20-25H2,(H,45,54)(H,46,60)(H,47,53)(H,51,52)(H,55,56)(H,57,58)(H2,48,49,59)/t27?,28?,35-,36-,37-/m0/s1. The van der Waals surface area contributed by atoms with Gasteiger partial charge in [-0.05, 0) is 97.2 Å². The first-order valence-electron chi connectivity index (χ1n) is 20.5. The zero-order valence-corrected chi connectivity index (χ0v) is 33.6. The molecular weight excluding hydrogens is 791 g/mol. The molecule has 1 fully saturated rings. The molecule has 0 aromatic heterocycles. The number of unbranched alkanes of at least 4 members (excludes halogenated alkanes) is 1. The lowest BCUT2D eigenvalue weighted by atomic mass is 9.81. The fourth-order valence-corrected chi connectivity index (χ4v) is 7.82. The number of aliphatic carboxylic acids is 3. The first-order valence-corrected chi connectivity index (χ1v) is 20.5. The van der Waals surface area contributed by atoms with E-state index in [0.29, 0.717) is 44.2 Å². The van der Waals surface area contributed by atoms with Crippen molar-refractivity contribution in [3.63, 3.8) is 0 Å². The third kappa shape index (κ3) is 13.4.